The lowest BCUT2D eigenvalue weighted by Gasteiger charge is -2.51. The van der Waals surface area contributed by atoms with E-state index in [4.69, 9.17) is 4.98 Å². The van der Waals surface area contributed by atoms with Gasteiger partial charge in [-0.1, -0.05) is 54.6 Å². The molecule has 5 N–H and O–H groups in total. The van der Waals surface area contributed by atoms with E-state index >= 15 is 0 Å². The molecule has 2 saturated carbocycles. The van der Waals surface area contributed by atoms with Crippen molar-refractivity contribution in [2.24, 2.45) is 5.92 Å². The Hall–Kier alpha value is -3.75. The second kappa shape index (κ2) is 11.4. The summed E-state index contributed by atoms with van der Waals surface area (Å²) < 4.78 is 0. The first-order valence-electron chi connectivity index (χ1n) is 14.0. The summed E-state index contributed by atoms with van der Waals surface area (Å²) in [5.74, 6) is 0.417. The fourth-order valence-electron chi connectivity index (χ4n) is 6.50. The predicted octanol–water partition coefficient (Wildman–Crippen LogP) is 5.53. The van der Waals surface area contributed by atoms with Gasteiger partial charge in [0.15, 0.2) is 0 Å². The normalized spacial score (nSPS) is 26.0. The lowest BCUT2D eigenvalue weighted by atomic mass is 9.62. The molecule has 0 aliphatic heterocycles. The highest BCUT2D eigenvalue weighted by Crippen LogP contribution is 2.48. The SMILES string of the molecule is CN[C@H]1CC[C@H](CC(=O)Nc2cnc(-c3ccc([C@]4(NC(=O)O)C[C@@](C)(O)C4)cc3)c(-c3ccccc3)c2)CC1. The number of hydrogen-bond acceptors (Lipinski definition) is 5. The highest BCUT2D eigenvalue weighted by molar-refractivity contribution is 5.93. The van der Waals surface area contributed by atoms with Gasteiger partial charge in [0, 0.05) is 36.4 Å². The van der Waals surface area contributed by atoms with Crippen molar-refractivity contribution in [2.45, 2.75) is 69.1 Å². The summed E-state index contributed by atoms with van der Waals surface area (Å²) in [6.07, 6.45) is 6.04. The zero-order chi connectivity index (χ0) is 28.3. The van der Waals surface area contributed by atoms with Gasteiger partial charge in [0.1, 0.15) is 0 Å². The predicted molar refractivity (Wildman–Crippen MR) is 156 cm³/mol. The number of carbonyl (C=O) groups excluding carboxylic acids is 1. The largest absolute Gasteiger partial charge is 0.465 e. The molecule has 0 unspecified atom stereocenters. The van der Waals surface area contributed by atoms with Crippen LogP contribution in [0.4, 0.5) is 10.5 Å². The number of carboxylic acid groups (broad SMARTS) is 1. The van der Waals surface area contributed by atoms with E-state index in [1.165, 1.54) is 0 Å². The minimum atomic E-state index is -1.11. The standard InChI is InChI=1S/C32H38N4O4/c1-31(40)19-32(20-31,36-30(38)39)24-12-10-23(11-13-24)29-27(22-6-4-3-5-7-22)17-26(18-34-29)35-28(37)16-21-8-14-25(33-2)15-9-21/h3-7,10-13,17-18,21,25,33,36,40H,8-9,14-16,19-20H2,1-2H3,(H,35,37)(H,38,39)/t21-,25-,31-,32+. The summed E-state index contributed by atoms with van der Waals surface area (Å²) in [5, 5.41) is 28.8. The zero-order valence-electron chi connectivity index (χ0n) is 23.1. The highest BCUT2D eigenvalue weighted by atomic mass is 16.4. The van der Waals surface area contributed by atoms with Gasteiger partial charge in [-0.25, -0.2) is 4.79 Å². The van der Waals surface area contributed by atoms with E-state index < -0.39 is 17.2 Å². The summed E-state index contributed by atoms with van der Waals surface area (Å²) >= 11 is 0. The quantitative estimate of drug-likeness (QED) is 0.255. The van der Waals surface area contributed by atoms with Gasteiger partial charge in [0.2, 0.25) is 5.91 Å². The van der Waals surface area contributed by atoms with Crippen LogP contribution in [0.2, 0.25) is 0 Å². The minimum absolute atomic E-state index is 0.0124. The summed E-state index contributed by atoms with van der Waals surface area (Å²) in [5.41, 5.74) is 3.26. The number of nitrogens with one attached hydrogen (secondary N) is 3. The first kappa shape index (κ1) is 27.8. The average Bonchev–Trinajstić information content (AvgIpc) is 2.92. The topological polar surface area (TPSA) is 124 Å². The number of amides is 2. The minimum Gasteiger partial charge on any atom is -0.465 e. The molecular weight excluding hydrogens is 504 g/mol. The van der Waals surface area contributed by atoms with E-state index in [2.05, 4.69) is 16.0 Å². The van der Waals surface area contributed by atoms with Gasteiger partial charge in [-0.2, -0.15) is 0 Å². The molecule has 3 aromatic rings. The molecule has 1 heterocycles. The molecule has 40 heavy (non-hydrogen) atoms. The summed E-state index contributed by atoms with van der Waals surface area (Å²) in [7, 11) is 2.00. The molecule has 5 rings (SSSR count). The van der Waals surface area contributed by atoms with Gasteiger partial charge in [-0.3, -0.25) is 9.78 Å². The van der Waals surface area contributed by atoms with Crippen molar-refractivity contribution >= 4 is 17.7 Å². The third-order valence-corrected chi connectivity index (χ3v) is 8.41. The lowest BCUT2D eigenvalue weighted by molar-refractivity contribution is -0.117. The molecule has 210 valence electrons. The molecule has 0 bridgehead atoms. The summed E-state index contributed by atoms with van der Waals surface area (Å²) in [4.78, 5) is 29.2. The number of rotatable bonds is 8. The monoisotopic (exact) mass is 542 g/mol. The number of pyridine rings is 1. The summed E-state index contributed by atoms with van der Waals surface area (Å²) in [6.45, 7) is 1.72. The second-order valence-corrected chi connectivity index (χ2v) is 11.7. The van der Waals surface area contributed by atoms with Crippen LogP contribution in [0, 0.1) is 5.92 Å². The van der Waals surface area contributed by atoms with Crippen molar-refractivity contribution in [3.63, 3.8) is 0 Å². The third-order valence-electron chi connectivity index (χ3n) is 8.41. The number of anilines is 1. The Labute approximate surface area is 235 Å². The molecule has 2 aliphatic carbocycles. The molecule has 0 radical (unpaired) electrons. The number of nitrogens with zero attached hydrogens (tertiary/aromatic N) is 1. The van der Waals surface area contributed by atoms with Crippen molar-refractivity contribution < 1.29 is 19.8 Å². The Morgan fingerprint density at radius 1 is 0.975 bits per heavy atom. The second-order valence-electron chi connectivity index (χ2n) is 11.7. The first-order chi connectivity index (χ1) is 19.2. The molecule has 0 atom stereocenters. The number of carbonyl (C=O) groups is 2. The highest BCUT2D eigenvalue weighted by Gasteiger charge is 2.53. The molecule has 0 spiro atoms. The molecule has 2 aliphatic rings. The maximum atomic E-state index is 12.9. The van der Waals surface area contributed by atoms with Gasteiger partial charge in [0.25, 0.3) is 0 Å². The van der Waals surface area contributed by atoms with Crippen molar-refractivity contribution in [1.29, 1.82) is 0 Å². The molecule has 2 fully saturated rings. The lowest BCUT2D eigenvalue weighted by Crippen LogP contribution is -2.61. The molecule has 0 saturated heterocycles. The van der Waals surface area contributed by atoms with Gasteiger partial charge in [0.05, 0.1) is 28.7 Å². The van der Waals surface area contributed by atoms with Crippen LogP contribution < -0.4 is 16.0 Å². The van der Waals surface area contributed by atoms with Crippen LogP contribution in [0.1, 0.15) is 57.4 Å². The van der Waals surface area contributed by atoms with E-state index in [9.17, 15) is 19.8 Å². The maximum absolute atomic E-state index is 12.9. The van der Waals surface area contributed by atoms with E-state index in [0.29, 0.717) is 36.9 Å². The number of benzene rings is 2. The number of hydrogen-bond donors (Lipinski definition) is 5. The Morgan fingerprint density at radius 2 is 1.65 bits per heavy atom. The van der Waals surface area contributed by atoms with Crippen molar-refractivity contribution in [2.75, 3.05) is 12.4 Å². The van der Waals surface area contributed by atoms with Crippen LogP contribution >= 0.6 is 0 Å². The molecule has 1 aromatic heterocycles. The Balaban J connectivity index is 1.37. The molecule has 2 aromatic carbocycles. The smallest absolute Gasteiger partial charge is 0.405 e. The van der Waals surface area contributed by atoms with Gasteiger partial charge >= 0.3 is 6.09 Å². The van der Waals surface area contributed by atoms with Crippen LogP contribution in [0.25, 0.3) is 22.4 Å². The Kier molecular flexibility index (Phi) is 7.92. The van der Waals surface area contributed by atoms with Crippen LogP contribution in [0.15, 0.2) is 66.9 Å². The van der Waals surface area contributed by atoms with Crippen molar-refractivity contribution in [1.82, 2.24) is 15.6 Å². The van der Waals surface area contributed by atoms with Crippen molar-refractivity contribution in [3.8, 4) is 22.4 Å². The zero-order valence-corrected chi connectivity index (χ0v) is 23.1. The van der Waals surface area contributed by atoms with E-state index in [1.807, 2.05) is 67.7 Å². The fraction of sp³-hybridized carbons (Fsp3) is 0.406. The number of aromatic nitrogens is 1. The van der Waals surface area contributed by atoms with Crippen LogP contribution in [0.5, 0.6) is 0 Å². The maximum Gasteiger partial charge on any atom is 0.405 e. The van der Waals surface area contributed by atoms with E-state index in [-0.39, 0.29) is 5.91 Å². The molecule has 8 heteroatoms. The van der Waals surface area contributed by atoms with Crippen LogP contribution in [0.3, 0.4) is 0 Å². The van der Waals surface area contributed by atoms with Gasteiger partial charge in [-0.05, 0) is 62.8 Å². The number of aliphatic hydroxyl groups is 1. The first-order valence-corrected chi connectivity index (χ1v) is 14.0. The summed E-state index contributed by atoms with van der Waals surface area (Å²) in [6, 6.07) is 20.1. The van der Waals surface area contributed by atoms with E-state index in [0.717, 1.165) is 53.6 Å². The van der Waals surface area contributed by atoms with Gasteiger partial charge < -0.3 is 26.2 Å². The van der Waals surface area contributed by atoms with E-state index in [1.54, 1.807) is 13.1 Å². The van der Waals surface area contributed by atoms with Gasteiger partial charge in [-0.15, -0.1) is 0 Å². The molecular formula is C32H38N4O4. The van der Waals surface area contributed by atoms with Crippen LogP contribution in [-0.4, -0.2) is 45.9 Å². The van der Waals surface area contributed by atoms with Crippen LogP contribution in [-0.2, 0) is 10.3 Å². The van der Waals surface area contributed by atoms with Crippen molar-refractivity contribution in [3.05, 3.63) is 72.4 Å². The average molecular weight is 543 g/mol. The fourth-order valence-corrected chi connectivity index (χ4v) is 6.50. The Bertz CT molecular complexity index is 1340. The third kappa shape index (κ3) is 6.18. The molecule has 8 nitrogen and oxygen atoms in total. The Morgan fingerprint density at radius 3 is 2.25 bits per heavy atom. The molecule has 2 amide bonds.